The molecule has 0 radical (unpaired) electrons. The van der Waals surface area contributed by atoms with Crippen molar-refractivity contribution in [3.63, 3.8) is 0 Å². The van der Waals surface area contributed by atoms with Crippen LogP contribution in [0.25, 0.3) is 0 Å². The normalized spacial score (nSPS) is 13.5. The summed E-state index contributed by atoms with van der Waals surface area (Å²) in [6.45, 7) is 11.9. The summed E-state index contributed by atoms with van der Waals surface area (Å²) in [4.78, 5) is 0. The van der Waals surface area contributed by atoms with E-state index in [-0.39, 0.29) is 0 Å². The molecule has 0 fully saturated rings. The standard InChI is InChI=1S/C31H65N/c1-5-9-13-17-19-23-27-31(25-21-16-12-8-4)29-32-28-30(24-20-15-11-7-3)26-22-18-14-10-6-2/h30-32H,5-29H2,1-4H3. The van der Waals surface area contributed by atoms with Crippen molar-refractivity contribution < 1.29 is 0 Å². The molecule has 0 heterocycles. The first kappa shape index (κ1) is 32.0. The van der Waals surface area contributed by atoms with Gasteiger partial charge in [-0.3, -0.25) is 0 Å². The maximum Gasteiger partial charge on any atom is -0.00204 e. The van der Waals surface area contributed by atoms with Gasteiger partial charge in [-0.2, -0.15) is 0 Å². The lowest BCUT2D eigenvalue weighted by atomic mass is 9.92. The van der Waals surface area contributed by atoms with E-state index >= 15 is 0 Å². The lowest BCUT2D eigenvalue weighted by Gasteiger charge is -2.22. The lowest BCUT2D eigenvalue weighted by molar-refractivity contribution is 0.342. The van der Waals surface area contributed by atoms with Crippen LogP contribution in [0.1, 0.15) is 175 Å². The third-order valence-corrected chi connectivity index (χ3v) is 7.48. The fourth-order valence-corrected chi connectivity index (χ4v) is 5.16. The van der Waals surface area contributed by atoms with E-state index in [2.05, 4.69) is 33.0 Å². The van der Waals surface area contributed by atoms with Gasteiger partial charge in [0.25, 0.3) is 0 Å². The van der Waals surface area contributed by atoms with E-state index in [0.717, 1.165) is 11.8 Å². The summed E-state index contributed by atoms with van der Waals surface area (Å²) in [6.07, 6.45) is 33.0. The molecule has 0 spiro atoms. The zero-order valence-corrected chi connectivity index (χ0v) is 23.3. The van der Waals surface area contributed by atoms with Crippen LogP contribution in [-0.2, 0) is 0 Å². The zero-order chi connectivity index (χ0) is 23.5. The second-order valence-electron chi connectivity index (χ2n) is 10.8. The molecule has 1 N–H and O–H groups in total. The van der Waals surface area contributed by atoms with E-state index in [1.165, 1.54) is 161 Å². The van der Waals surface area contributed by atoms with Gasteiger partial charge in [0.2, 0.25) is 0 Å². The molecule has 0 aromatic heterocycles. The molecule has 0 aliphatic heterocycles. The van der Waals surface area contributed by atoms with Crippen LogP contribution in [0.2, 0.25) is 0 Å². The third-order valence-electron chi connectivity index (χ3n) is 7.48. The first-order chi connectivity index (χ1) is 15.8. The molecule has 0 aliphatic rings. The van der Waals surface area contributed by atoms with Crippen molar-refractivity contribution in [2.45, 2.75) is 175 Å². The van der Waals surface area contributed by atoms with E-state index < -0.39 is 0 Å². The minimum atomic E-state index is 0.920. The molecule has 32 heavy (non-hydrogen) atoms. The van der Waals surface area contributed by atoms with E-state index in [1.807, 2.05) is 0 Å². The molecule has 2 unspecified atom stereocenters. The van der Waals surface area contributed by atoms with Crippen LogP contribution in [0.15, 0.2) is 0 Å². The fraction of sp³-hybridized carbons (Fsp3) is 1.00. The number of rotatable bonds is 27. The molecule has 0 aromatic carbocycles. The Hall–Kier alpha value is -0.0400. The smallest absolute Gasteiger partial charge is 0.00204 e. The van der Waals surface area contributed by atoms with E-state index in [1.54, 1.807) is 0 Å². The SMILES string of the molecule is CCCCCCCCC(CCCCCC)CNCC(CCCCCC)CCCCCCC. The number of hydrogen-bond donors (Lipinski definition) is 1. The average Bonchev–Trinajstić information content (AvgIpc) is 2.80. The quantitative estimate of drug-likeness (QED) is 0.122. The Kier molecular flexibility index (Phi) is 27.2. The van der Waals surface area contributed by atoms with Crippen LogP contribution in [0, 0.1) is 11.8 Å². The summed E-state index contributed by atoms with van der Waals surface area (Å²) in [7, 11) is 0. The van der Waals surface area contributed by atoms with Crippen molar-refractivity contribution in [3.05, 3.63) is 0 Å². The summed E-state index contributed by atoms with van der Waals surface area (Å²) in [5.41, 5.74) is 0. The highest BCUT2D eigenvalue weighted by Gasteiger charge is 2.12. The lowest BCUT2D eigenvalue weighted by Crippen LogP contribution is -2.28. The largest absolute Gasteiger partial charge is 0.316 e. The first-order valence-corrected chi connectivity index (χ1v) is 15.5. The number of nitrogens with one attached hydrogen (secondary N) is 1. The van der Waals surface area contributed by atoms with Crippen molar-refractivity contribution in [1.29, 1.82) is 0 Å². The van der Waals surface area contributed by atoms with Crippen LogP contribution in [-0.4, -0.2) is 13.1 Å². The maximum atomic E-state index is 3.98. The van der Waals surface area contributed by atoms with Gasteiger partial charge in [-0.25, -0.2) is 0 Å². The minimum Gasteiger partial charge on any atom is -0.316 e. The maximum absolute atomic E-state index is 3.98. The molecule has 0 saturated carbocycles. The molecular weight excluding hydrogens is 386 g/mol. The Morgan fingerprint density at radius 3 is 0.906 bits per heavy atom. The molecule has 2 atom stereocenters. The van der Waals surface area contributed by atoms with E-state index in [4.69, 9.17) is 0 Å². The molecule has 0 saturated heterocycles. The second-order valence-corrected chi connectivity index (χ2v) is 10.8. The summed E-state index contributed by atoms with van der Waals surface area (Å²) in [5.74, 6) is 1.84. The molecular formula is C31H65N. The Morgan fingerprint density at radius 1 is 0.344 bits per heavy atom. The van der Waals surface area contributed by atoms with Gasteiger partial charge in [-0.15, -0.1) is 0 Å². The number of hydrogen-bond acceptors (Lipinski definition) is 1. The van der Waals surface area contributed by atoms with Crippen LogP contribution >= 0.6 is 0 Å². The summed E-state index contributed by atoms with van der Waals surface area (Å²) >= 11 is 0. The summed E-state index contributed by atoms with van der Waals surface area (Å²) in [5, 5.41) is 3.98. The molecule has 1 heteroatoms. The van der Waals surface area contributed by atoms with Gasteiger partial charge in [0.15, 0.2) is 0 Å². The molecule has 0 aromatic rings. The van der Waals surface area contributed by atoms with Gasteiger partial charge in [0.05, 0.1) is 0 Å². The van der Waals surface area contributed by atoms with Crippen LogP contribution < -0.4 is 5.32 Å². The van der Waals surface area contributed by atoms with Gasteiger partial charge in [0.1, 0.15) is 0 Å². The Balaban J connectivity index is 4.30. The monoisotopic (exact) mass is 452 g/mol. The Morgan fingerprint density at radius 2 is 0.594 bits per heavy atom. The van der Waals surface area contributed by atoms with Crippen molar-refractivity contribution in [3.8, 4) is 0 Å². The van der Waals surface area contributed by atoms with Crippen LogP contribution in [0.3, 0.4) is 0 Å². The van der Waals surface area contributed by atoms with Crippen molar-refractivity contribution in [2.75, 3.05) is 13.1 Å². The van der Waals surface area contributed by atoms with E-state index in [0.29, 0.717) is 0 Å². The highest BCUT2D eigenvalue weighted by Crippen LogP contribution is 2.21. The Bertz CT molecular complexity index is 326. The van der Waals surface area contributed by atoms with Crippen LogP contribution in [0.5, 0.6) is 0 Å². The highest BCUT2D eigenvalue weighted by molar-refractivity contribution is 4.68. The molecule has 0 aliphatic carbocycles. The average molecular weight is 452 g/mol. The molecule has 0 bridgehead atoms. The van der Waals surface area contributed by atoms with Gasteiger partial charge < -0.3 is 5.32 Å². The van der Waals surface area contributed by atoms with Crippen LogP contribution in [0.4, 0.5) is 0 Å². The van der Waals surface area contributed by atoms with Crippen molar-refractivity contribution >= 4 is 0 Å². The second kappa shape index (κ2) is 27.2. The highest BCUT2D eigenvalue weighted by atomic mass is 14.9. The fourth-order valence-electron chi connectivity index (χ4n) is 5.16. The summed E-state index contributed by atoms with van der Waals surface area (Å²) in [6, 6.07) is 0. The van der Waals surface area contributed by atoms with Gasteiger partial charge in [-0.05, 0) is 50.6 Å². The summed E-state index contributed by atoms with van der Waals surface area (Å²) < 4.78 is 0. The van der Waals surface area contributed by atoms with Gasteiger partial charge in [-0.1, -0.05) is 150 Å². The van der Waals surface area contributed by atoms with Gasteiger partial charge >= 0.3 is 0 Å². The Labute approximate surface area is 205 Å². The molecule has 0 amide bonds. The predicted octanol–water partition coefficient (Wildman–Crippen LogP) is 10.9. The van der Waals surface area contributed by atoms with E-state index in [9.17, 15) is 0 Å². The molecule has 0 rings (SSSR count). The molecule has 1 nitrogen and oxygen atoms in total. The predicted molar refractivity (Wildman–Crippen MR) is 149 cm³/mol. The third kappa shape index (κ3) is 23.1. The molecule has 194 valence electrons. The van der Waals surface area contributed by atoms with Crippen molar-refractivity contribution in [2.24, 2.45) is 11.8 Å². The number of unbranched alkanes of at least 4 members (excludes halogenated alkanes) is 15. The zero-order valence-electron chi connectivity index (χ0n) is 23.3. The first-order valence-electron chi connectivity index (χ1n) is 15.5. The van der Waals surface area contributed by atoms with Crippen molar-refractivity contribution in [1.82, 2.24) is 5.32 Å². The topological polar surface area (TPSA) is 12.0 Å². The minimum absolute atomic E-state index is 0.920. The van der Waals surface area contributed by atoms with Gasteiger partial charge in [0, 0.05) is 0 Å².